The Labute approximate surface area is 164 Å². The summed E-state index contributed by atoms with van der Waals surface area (Å²) in [6, 6.07) is 13.4. The van der Waals surface area contributed by atoms with E-state index in [0.717, 1.165) is 27.7 Å². The van der Waals surface area contributed by atoms with Crippen molar-refractivity contribution >= 4 is 29.3 Å². The summed E-state index contributed by atoms with van der Waals surface area (Å²) in [6.07, 6.45) is 0. The Hall–Kier alpha value is -1.85. The molecule has 4 nitrogen and oxygen atoms in total. The molecule has 0 radical (unpaired) electrons. The summed E-state index contributed by atoms with van der Waals surface area (Å²) in [5, 5.41) is 3.66. The van der Waals surface area contributed by atoms with Gasteiger partial charge in [-0.1, -0.05) is 29.8 Å². The molecular formula is C20H24ClNO3S. The zero-order valence-electron chi connectivity index (χ0n) is 15.1. The van der Waals surface area contributed by atoms with E-state index in [0.29, 0.717) is 31.3 Å². The number of hydrogen-bond donors (Lipinski definition) is 1. The molecule has 0 spiro atoms. The standard InChI is InChI=1S/C20H24ClNO3S/c1-3-24-18-10-7-16(11-19(18)25-4-2)12-22-20(23)14-26-13-15-5-8-17(21)9-6-15/h5-11H,3-4,12-14H2,1-2H3,(H,22,23). The van der Waals surface area contributed by atoms with Crippen LogP contribution in [-0.2, 0) is 17.1 Å². The van der Waals surface area contributed by atoms with Crippen molar-refractivity contribution in [2.75, 3.05) is 19.0 Å². The third kappa shape index (κ3) is 6.81. The molecule has 140 valence electrons. The van der Waals surface area contributed by atoms with Gasteiger partial charge in [0.25, 0.3) is 0 Å². The van der Waals surface area contributed by atoms with Gasteiger partial charge in [0.2, 0.25) is 5.91 Å². The third-order valence-electron chi connectivity index (χ3n) is 3.51. The van der Waals surface area contributed by atoms with Gasteiger partial charge in [-0.05, 0) is 49.2 Å². The van der Waals surface area contributed by atoms with Crippen LogP contribution in [0.1, 0.15) is 25.0 Å². The smallest absolute Gasteiger partial charge is 0.230 e. The van der Waals surface area contributed by atoms with E-state index in [9.17, 15) is 4.79 Å². The highest BCUT2D eigenvalue weighted by atomic mass is 35.5. The normalized spacial score (nSPS) is 10.4. The maximum absolute atomic E-state index is 12.0. The number of rotatable bonds is 10. The summed E-state index contributed by atoms with van der Waals surface area (Å²) in [7, 11) is 0. The Bertz CT molecular complexity index is 707. The molecule has 0 saturated carbocycles. The lowest BCUT2D eigenvalue weighted by atomic mass is 10.2. The molecule has 0 atom stereocenters. The summed E-state index contributed by atoms with van der Waals surface area (Å²) in [5.74, 6) is 2.64. The van der Waals surface area contributed by atoms with Gasteiger partial charge in [0.05, 0.1) is 19.0 Å². The van der Waals surface area contributed by atoms with Gasteiger partial charge < -0.3 is 14.8 Å². The number of carbonyl (C=O) groups excluding carboxylic acids is 1. The van der Waals surface area contributed by atoms with Gasteiger partial charge in [0, 0.05) is 17.3 Å². The molecule has 2 aromatic carbocycles. The van der Waals surface area contributed by atoms with Gasteiger partial charge in [-0.15, -0.1) is 11.8 Å². The van der Waals surface area contributed by atoms with Crippen molar-refractivity contribution in [1.82, 2.24) is 5.32 Å². The molecule has 0 unspecified atom stereocenters. The second-order valence-electron chi connectivity index (χ2n) is 5.54. The molecule has 0 saturated heterocycles. The second kappa shape index (κ2) is 11.0. The Morgan fingerprint density at radius 2 is 1.65 bits per heavy atom. The van der Waals surface area contributed by atoms with Gasteiger partial charge in [0.1, 0.15) is 0 Å². The zero-order valence-corrected chi connectivity index (χ0v) is 16.7. The molecule has 26 heavy (non-hydrogen) atoms. The van der Waals surface area contributed by atoms with Crippen LogP contribution in [-0.4, -0.2) is 24.9 Å². The Morgan fingerprint density at radius 3 is 2.35 bits per heavy atom. The lowest BCUT2D eigenvalue weighted by Gasteiger charge is -2.13. The number of carbonyl (C=O) groups is 1. The average Bonchev–Trinajstić information content (AvgIpc) is 2.64. The van der Waals surface area contributed by atoms with Crippen LogP contribution < -0.4 is 14.8 Å². The molecule has 0 aliphatic rings. The van der Waals surface area contributed by atoms with Gasteiger partial charge >= 0.3 is 0 Å². The van der Waals surface area contributed by atoms with Crippen molar-refractivity contribution in [3.8, 4) is 11.5 Å². The van der Waals surface area contributed by atoms with Crippen LogP contribution in [0.3, 0.4) is 0 Å². The van der Waals surface area contributed by atoms with Gasteiger partial charge in [-0.25, -0.2) is 0 Å². The van der Waals surface area contributed by atoms with Crippen LogP contribution in [0.5, 0.6) is 11.5 Å². The van der Waals surface area contributed by atoms with Crippen LogP contribution in [0.15, 0.2) is 42.5 Å². The SMILES string of the molecule is CCOc1ccc(CNC(=O)CSCc2ccc(Cl)cc2)cc1OCC. The van der Waals surface area contributed by atoms with E-state index in [2.05, 4.69) is 5.32 Å². The number of thioether (sulfide) groups is 1. The molecule has 0 aromatic heterocycles. The average molecular weight is 394 g/mol. The molecule has 0 bridgehead atoms. The highest BCUT2D eigenvalue weighted by Gasteiger charge is 2.08. The quantitative estimate of drug-likeness (QED) is 0.636. The fraction of sp³-hybridized carbons (Fsp3) is 0.350. The minimum absolute atomic E-state index is 0.0100. The zero-order chi connectivity index (χ0) is 18.8. The number of benzene rings is 2. The van der Waals surface area contributed by atoms with E-state index in [1.807, 2.05) is 56.3 Å². The number of hydrogen-bond acceptors (Lipinski definition) is 4. The molecule has 0 heterocycles. The van der Waals surface area contributed by atoms with Crippen molar-refractivity contribution in [2.24, 2.45) is 0 Å². The van der Waals surface area contributed by atoms with E-state index in [4.69, 9.17) is 21.1 Å². The largest absolute Gasteiger partial charge is 0.490 e. The van der Waals surface area contributed by atoms with Crippen LogP contribution in [0, 0.1) is 0 Å². The highest BCUT2D eigenvalue weighted by molar-refractivity contribution is 7.99. The van der Waals surface area contributed by atoms with Gasteiger partial charge in [0.15, 0.2) is 11.5 Å². The van der Waals surface area contributed by atoms with E-state index in [1.165, 1.54) is 0 Å². The first-order valence-corrected chi connectivity index (χ1v) is 10.1. The lowest BCUT2D eigenvalue weighted by Crippen LogP contribution is -2.24. The van der Waals surface area contributed by atoms with Crippen molar-refractivity contribution in [3.05, 3.63) is 58.6 Å². The van der Waals surface area contributed by atoms with Gasteiger partial charge in [-0.2, -0.15) is 0 Å². The van der Waals surface area contributed by atoms with Crippen LogP contribution in [0.4, 0.5) is 0 Å². The number of nitrogens with one attached hydrogen (secondary N) is 1. The fourth-order valence-electron chi connectivity index (χ4n) is 2.30. The predicted octanol–water partition coefficient (Wildman–Crippen LogP) is 4.69. The summed E-state index contributed by atoms with van der Waals surface area (Å²) in [6.45, 7) is 5.48. The van der Waals surface area contributed by atoms with Gasteiger partial charge in [-0.3, -0.25) is 4.79 Å². The topological polar surface area (TPSA) is 47.6 Å². The molecular weight excluding hydrogens is 370 g/mol. The lowest BCUT2D eigenvalue weighted by molar-refractivity contribution is -0.118. The Balaban J connectivity index is 1.79. The van der Waals surface area contributed by atoms with Crippen molar-refractivity contribution in [2.45, 2.75) is 26.1 Å². The Morgan fingerprint density at radius 1 is 1.00 bits per heavy atom. The maximum Gasteiger partial charge on any atom is 0.230 e. The van der Waals surface area contributed by atoms with Crippen LogP contribution in [0.25, 0.3) is 0 Å². The monoisotopic (exact) mass is 393 g/mol. The Kier molecular flexibility index (Phi) is 8.65. The summed E-state index contributed by atoms with van der Waals surface area (Å²) in [5.41, 5.74) is 2.13. The van der Waals surface area contributed by atoms with Crippen molar-refractivity contribution < 1.29 is 14.3 Å². The number of amides is 1. The maximum atomic E-state index is 12.0. The third-order valence-corrected chi connectivity index (χ3v) is 4.77. The molecule has 0 fully saturated rings. The molecule has 2 aromatic rings. The summed E-state index contributed by atoms with van der Waals surface area (Å²) < 4.78 is 11.2. The predicted molar refractivity (Wildman–Crippen MR) is 108 cm³/mol. The summed E-state index contributed by atoms with van der Waals surface area (Å²) >= 11 is 7.44. The van der Waals surface area contributed by atoms with E-state index in [1.54, 1.807) is 11.8 Å². The second-order valence-corrected chi connectivity index (χ2v) is 6.97. The van der Waals surface area contributed by atoms with Crippen molar-refractivity contribution in [3.63, 3.8) is 0 Å². The first-order valence-electron chi connectivity index (χ1n) is 8.59. The van der Waals surface area contributed by atoms with E-state index in [-0.39, 0.29) is 5.91 Å². The molecule has 0 aliphatic heterocycles. The van der Waals surface area contributed by atoms with E-state index < -0.39 is 0 Å². The number of halogens is 1. The minimum atomic E-state index is 0.0100. The fourth-order valence-corrected chi connectivity index (χ4v) is 3.24. The molecule has 1 amide bonds. The molecule has 0 aliphatic carbocycles. The van der Waals surface area contributed by atoms with Crippen molar-refractivity contribution in [1.29, 1.82) is 0 Å². The van der Waals surface area contributed by atoms with Crippen LogP contribution in [0.2, 0.25) is 5.02 Å². The van der Waals surface area contributed by atoms with E-state index >= 15 is 0 Å². The first-order chi connectivity index (χ1) is 12.6. The highest BCUT2D eigenvalue weighted by Crippen LogP contribution is 2.28. The summed E-state index contributed by atoms with van der Waals surface area (Å²) in [4.78, 5) is 12.0. The molecule has 2 rings (SSSR count). The molecule has 6 heteroatoms. The molecule has 1 N–H and O–H groups in total. The first kappa shape index (κ1) is 20.5. The number of ether oxygens (including phenoxy) is 2. The van der Waals surface area contributed by atoms with Crippen LogP contribution >= 0.6 is 23.4 Å². The minimum Gasteiger partial charge on any atom is -0.490 e.